The fourth-order valence-electron chi connectivity index (χ4n) is 5.14. The molecule has 0 unspecified atom stereocenters. The summed E-state index contributed by atoms with van der Waals surface area (Å²) in [7, 11) is 1.60. The maximum absolute atomic E-state index is 11.5. The summed E-state index contributed by atoms with van der Waals surface area (Å²) in [6, 6.07) is 5.65. The van der Waals surface area contributed by atoms with Crippen molar-refractivity contribution in [2.24, 2.45) is 0 Å². The van der Waals surface area contributed by atoms with Crippen molar-refractivity contribution in [1.82, 2.24) is 14.9 Å². The predicted octanol–water partition coefficient (Wildman–Crippen LogP) is 4.46. The summed E-state index contributed by atoms with van der Waals surface area (Å²) in [6.45, 7) is 0.379. The molecule has 0 amide bonds. The SMILES string of the molecule is COc1ccc2nccc(CCC3(O)CCC(O)(CN(C4=CC=CCC4)C4=COC=CO4)CC3)c2n1. The number of aromatic nitrogens is 2. The Balaban J connectivity index is 1.25. The van der Waals surface area contributed by atoms with E-state index in [1.807, 2.05) is 23.1 Å². The van der Waals surface area contributed by atoms with Gasteiger partial charge in [-0.3, -0.25) is 4.98 Å². The van der Waals surface area contributed by atoms with E-state index in [1.54, 1.807) is 25.6 Å². The molecular formula is C28H33N3O5. The van der Waals surface area contributed by atoms with Gasteiger partial charge in [0, 0.05) is 18.0 Å². The molecule has 0 aromatic carbocycles. The number of fused-ring (bicyclic) bond motifs is 1. The zero-order chi connectivity index (χ0) is 25.0. The molecule has 36 heavy (non-hydrogen) atoms. The molecule has 2 N–H and O–H groups in total. The molecule has 1 fully saturated rings. The van der Waals surface area contributed by atoms with Crippen molar-refractivity contribution in [3.8, 4) is 5.88 Å². The van der Waals surface area contributed by atoms with Gasteiger partial charge in [0.15, 0.2) is 6.26 Å². The van der Waals surface area contributed by atoms with Gasteiger partial charge in [0.05, 0.1) is 35.9 Å². The Hall–Kier alpha value is -3.36. The third kappa shape index (κ3) is 5.39. The monoisotopic (exact) mass is 491 g/mol. The minimum atomic E-state index is -0.947. The third-order valence-electron chi connectivity index (χ3n) is 7.37. The lowest BCUT2D eigenvalue weighted by Crippen LogP contribution is -2.49. The highest BCUT2D eigenvalue weighted by atomic mass is 16.5. The fraction of sp³-hybridized carbons (Fsp3) is 0.429. The molecule has 2 aliphatic carbocycles. The molecular weight excluding hydrogens is 458 g/mol. The Kier molecular flexibility index (Phi) is 6.98. The number of methoxy groups -OCH3 is 1. The second-order valence-corrected chi connectivity index (χ2v) is 9.83. The topological polar surface area (TPSA) is 97.2 Å². The van der Waals surface area contributed by atoms with E-state index in [4.69, 9.17) is 14.2 Å². The quantitative estimate of drug-likeness (QED) is 0.559. The number of hydrogen-bond acceptors (Lipinski definition) is 8. The smallest absolute Gasteiger partial charge is 0.235 e. The van der Waals surface area contributed by atoms with E-state index < -0.39 is 11.2 Å². The maximum Gasteiger partial charge on any atom is 0.235 e. The van der Waals surface area contributed by atoms with Crippen LogP contribution in [0.2, 0.25) is 0 Å². The number of hydrogen-bond donors (Lipinski definition) is 2. The van der Waals surface area contributed by atoms with Gasteiger partial charge in [-0.1, -0.05) is 12.2 Å². The van der Waals surface area contributed by atoms with E-state index in [2.05, 4.69) is 22.1 Å². The lowest BCUT2D eigenvalue weighted by molar-refractivity contribution is -0.0935. The summed E-state index contributed by atoms with van der Waals surface area (Å²) >= 11 is 0. The van der Waals surface area contributed by atoms with Crippen LogP contribution in [0, 0.1) is 0 Å². The second-order valence-electron chi connectivity index (χ2n) is 9.83. The van der Waals surface area contributed by atoms with Gasteiger partial charge in [0.2, 0.25) is 11.8 Å². The first-order valence-electron chi connectivity index (χ1n) is 12.5. The summed E-state index contributed by atoms with van der Waals surface area (Å²) in [5, 5.41) is 22.9. The largest absolute Gasteiger partial charge is 0.481 e. The van der Waals surface area contributed by atoms with Gasteiger partial charge in [0.1, 0.15) is 12.5 Å². The number of allylic oxidation sites excluding steroid dienone is 4. The Bertz CT molecular complexity index is 1210. The van der Waals surface area contributed by atoms with Crippen LogP contribution in [0.15, 0.2) is 73.0 Å². The average Bonchev–Trinajstić information content (AvgIpc) is 2.93. The van der Waals surface area contributed by atoms with Crippen LogP contribution in [-0.2, 0) is 15.9 Å². The number of ether oxygens (including phenoxy) is 3. The molecule has 0 saturated heterocycles. The number of aryl methyl sites for hydroxylation is 1. The van der Waals surface area contributed by atoms with Crippen molar-refractivity contribution < 1.29 is 24.4 Å². The first kappa shape index (κ1) is 24.3. The molecule has 0 radical (unpaired) electrons. The van der Waals surface area contributed by atoms with Crippen LogP contribution in [-0.4, -0.2) is 49.9 Å². The van der Waals surface area contributed by atoms with Gasteiger partial charge in [-0.2, -0.15) is 0 Å². The molecule has 1 aliphatic heterocycles. The van der Waals surface area contributed by atoms with Gasteiger partial charge < -0.3 is 29.3 Å². The Morgan fingerprint density at radius 3 is 2.64 bits per heavy atom. The Morgan fingerprint density at radius 2 is 1.92 bits per heavy atom. The number of aliphatic hydroxyl groups is 2. The van der Waals surface area contributed by atoms with E-state index in [0.717, 1.165) is 35.1 Å². The van der Waals surface area contributed by atoms with E-state index in [9.17, 15) is 10.2 Å². The van der Waals surface area contributed by atoms with Crippen LogP contribution in [0.4, 0.5) is 0 Å². The molecule has 8 heteroatoms. The molecule has 1 saturated carbocycles. The summed E-state index contributed by atoms with van der Waals surface area (Å²) in [5.41, 5.74) is 1.93. The minimum absolute atomic E-state index is 0.379. The van der Waals surface area contributed by atoms with Gasteiger partial charge in [-0.05, 0) is 75.1 Å². The van der Waals surface area contributed by atoms with E-state index in [1.165, 1.54) is 12.5 Å². The van der Waals surface area contributed by atoms with E-state index in [-0.39, 0.29) is 0 Å². The summed E-state index contributed by atoms with van der Waals surface area (Å²) in [5.74, 6) is 1.10. The van der Waals surface area contributed by atoms with Crippen molar-refractivity contribution in [1.29, 1.82) is 0 Å². The highest BCUT2D eigenvalue weighted by Crippen LogP contribution is 2.40. The van der Waals surface area contributed by atoms with Crippen LogP contribution >= 0.6 is 0 Å². The first-order valence-corrected chi connectivity index (χ1v) is 12.5. The molecule has 0 spiro atoms. The zero-order valence-corrected chi connectivity index (χ0v) is 20.6. The van der Waals surface area contributed by atoms with Gasteiger partial charge in [0.25, 0.3) is 0 Å². The van der Waals surface area contributed by atoms with Gasteiger partial charge >= 0.3 is 0 Å². The lowest BCUT2D eigenvalue weighted by Gasteiger charge is -2.44. The van der Waals surface area contributed by atoms with Crippen molar-refractivity contribution in [2.75, 3.05) is 13.7 Å². The molecule has 3 heterocycles. The fourth-order valence-corrected chi connectivity index (χ4v) is 5.14. The molecule has 0 atom stereocenters. The maximum atomic E-state index is 11.5. The average molecular weight is 492 g/mol. The first-order chi connectivity index (χ1) is 17.5. The normalized spacial score (nSPS) is 25.5. The molecule has 0 bridgehead atoms. The highest BCUT2D eigenvalue weighted by Gasteiger charge is 2.42. The van der Waals surface area contributed by atoms with Crippen LogP contribution in [0.1, 0.15) is 50.5 Å². The number of pyridine rings is 2. The molecule has 5 rings (SSSR count). The Morgan fingerprint density at radius 1 is 1.08 bits per heavy atom. The standard InChI is InChI=1S/C28H33N3O5/c1-34-24-8-7-23-26(30-24)21(10-16-29-23)9-11-27(32)12-14-28(33,15-13-27)20-31(22-5-3-2-4-6-22)25-19-35-17-18-36-25/h2-3,5,7-8,10,16-19,32-33H,4,6,9,11-15,20H2,1H3. The molecule has 3 aliphatic rings. The molecule has 2 aromatic rings. The van der Waals surface area contributed by atoms with Crippen molar-refractivity contribution >= 4 is 11.0 Å². The van der Waals surface area contributed by atoms with Crippen LogP contribution in [0.3, 0.4) is 0 Å². The summed E-state index contributed by atoms with van der Waals surface area (Å²) in [4.78, 5) is 11.0. The molecule has 8 nitrogen and oxygen atoms in total. The van der Waals surface area contributed by atoms with Crippen molar-refractivity contribution in [3.05, 3.63) is 78.6 Å². The van der Waals surface area contributed by atoms with Crippen LogP contribution in [0.5, 0.6) is 5.88 Å². The van der Waals surface area contributed by atoms with Gasteiger partial charge in [-0.15, -0.1) is 0 Å². The van der Waals surface area contributed by atoms with Gasteiger partial charge in [-0.25, -0.2) is 4.98 Å². The highest BCUT2D eigenvalue weighted by molar-refractivity contribution is 5.78. The number of nitrogens with zero attached hydrogens (tertiary/aromatic N) is 3. The van der Waals surface area contributed by atoms with Crippen LogP contribution < -0.4 is 4.74 Å². The molecule has 190 valence electrons. The summed E-state index contributed by atoms with van der Waals surface area (Å²) < 4.78 is 16.3. The number of rotatable bonds is 8. The minimum Gasteiger partial charge on any atom is -0.481 e. The lowest BCUT2D eigenvalue weighted by atomic mass is 9.73. The third-order valence-corrected chi connectivity index (χ3v) is 7.37. The van der Waals surface area contributed by atoms with Crippen LogP contribution in [0.25, 0.3) is 11.0 Å². The zero-order valence-electron chi connectivity index (χ0n) is 20.6. The second kappa shape index (κ2) is 10.3. The van der Waals surface area contributed by atoms with E-state index >= 15 is 0 Å². The van der Waals surface area contributed by atoms with Crippen molar-refractivity contribution in [2.45, 2.75) is 62.6 Å². The Labute approximate surface area is 211 Å². The van der Waals surface area contributed by atoms with Crippen molar-refractivity contribution in [3.63, 3.8) is 0 Å². The summed E-state index contributed by atoms with van der Waals surface area (Å²) in [6.07, 6.45) is 17.6. The molecule has 2 aromatic heterocycles. The van der Waals surface area contributed by atoms with E-state index in [0.29, 0.717) is 56.8 Å². The predicted molar refractivity (Wildman–Crippen MR) is 135 cm³/mol.